The van der Waals surface area contributed by atoms with Crippen LogP contribution < -0.4 is 10.2 Å². The van der Waals surface area contributed by atoms with Gasteiger partial charge in [-0.25, -0.2) is 9.10 Å². The van der Waals surface area contributed by atoms with E-state index in [1.165, 1.54) is 42.1 Å². The molecule has 7 nitrogen and oxygen atoms in total. The third kappa shape index (κ3) is 7.56. The Balaban J connectivity index is 1.03. The molecule has 2 aromatic carbocycles. The predicted molar refractivity (Wildman–Crippen MR) is 157 cm³/mol. The normalized spacial score (nSPS) is 20.4. The molecule has 210 valence electrons. The van der Waals surface area contributed by atoms with Crippen LogP contribution in [0.15, 0.2) is 53.4 Å². The number of nitrogens with one attached hydrogen (secondary N) is 1. The van der Waals surface area contributed by atoms with Gasteiger partial charge in [-0.2, -0.15) is 0 Å². The first kappa shape index (κ1) is 28.0. The Morgan fingerprint density at radius 2 is 1.74 bits per heavy atom. The monoisotopic (exact) mass is 550 g/mol. The molecule has 0 atom stereocenters. The van der Waals surface area contributed by atoms with Gasteiger partial charge in [0.05, 0.1) is 0 Å². The van der Waals surface area contributed by atoms with Crippen molar-refractivity contribution in [3.05, 3.63) is 59.7 Å². The van der Waals surface area contributed by atoms with Gasteiger partial charge in [-0.05, 0) is 106 Å². The number of piperidine rings is 2. The molecule has 3 heterocycles. The van der Waals surface area contributed by atoms with Gasteiger partial charge in [-0.3, -0.25) is 9.69 Å². The van der Waals surface area contributed by atoms with Gasteiger partial charge in [0.1, 0.15) is 11.9 Å². The first-order valence-electron chi connectivity index (χ1n) is 14.2. The topological polar surface area (TPSA) is 65.1 Å². The SMILES string of the molecule is CC(C)(C)OC(=O)NC1CCN(Sc2cccc(CN3CC4(CCN(c5ccc(C=O)cc5)CC4)C3)c2)CC1. The summed E-state index contributed by atoms with van der Waals surface area (Å²) in [4.78, 5) is 29.3. The molecule has 0 aliphatic carbocycles. The van der Waals surface area contributed by atoms with Crippen LogP contribution in [0.5, 0.6) is 0 Å². The highest BCUT2D eigenvalue weighted by Gasteiger charge is 2.44. The number of likely N-dealkylation sites (tertiary alicyclic amines) is 1. The van der Waals surface area contributed by atoms with Gasteiger partial charge < -0.3 is 15.0 Å². The number of benzene rings is 2. The molecule has 3 aliphatic heterocycles. The Labute approximate surface area is 237 Å². The summed E-state index contributed by atoms with van der Waals surface area (Å²) in [7, 11) is 0. The first-order valence-corrected chi connectivity index (χ1v) is 15.0. The van der Waals surface area contributed by atoms with Crippen molar-refractivity contribution in [3.8, 4) is 0 Å². The predicted octanol–water partition coefficient (Wildman–Crippen LogP) is 5.60. The highest BCUT2D eigenvalue weighted by atomic mass is 32.2. The van der Waals surface area contributed by atoms with Crippen LogP contribution in [0.4, 0.5) is 10.5 Å². The number of aldehydes is 1. The number of hydrogen-bond donors (Lipinski definition) is 1. The van der Waals surface area contributed by atoms with E-state index in [1.54, 1.807) is 0 Å². The average molecular weight is 551 g/mol. The molecular weight excluding hydrogens is 508 g/mol. The summed E-state index contributed by atoms with van der Waals surface area (Å²) in [6.45, 7) is 13.1. The second-order valence-corrected chi connectivity index (χ2v) is 13.6. The molecule has 2 aromatic rings. The second-order valence-electron chi connectivity index (χ2n) is 12.4. The smallest absolute Gasteiger partial charge is 0.407 e. The van der Waals surface area contributed by atoms with Gasteiger partial charge in [-0.15, -0.1) is 0 Å². The lowest BCUT2D eigenvalue weighted by Crippen LogP contribution is -2.59. The number of rotatable bonds is 7. The van der Waals surface area contributed by atoms with Gasteiger partial charge >= 0.3 is 6.09 Å². The van der Waals surface area contributed by atoms with Gasteiger partial charge in [0, 0.05) is 68.0 Å². The molecule has 0 bridgehead atoms. The van der Waals surface area contributed by atoms with E-state index < -0.39 is 5.60 Å². The lowest BCUT2D eigenvalue weighted by atomic mass is 9.72. The van der Waals surface area contributed by atoms with Gasteiger partial charge in [0.15, 0.2) is 0 Å². The van der Waals surface area contributed by atoms with Crippen LogP contribution >= 0.6 is 11.9 Å². The van der Waals surface area contributed by atoms with E-state index in [1.807, 2.05) is 44.9 Å². The van der Waals surface area contributed by atoms with Crippen LogP contribution in [0.2, 0.25) is 0 Å². The molecule has 0 radical (unpaired) electrons. The Hall–Kier alpha value is -2.55. The van der Waals surface area contributed by atoms with Crippen LogP contribution in [0.1, 0.15) is 62.4 Å². The zero-order valence-electron chi connectivity index (χ0n) is 23.5. The zero-order valence-corrected chi connectivity index (χ0v) is 24.3. The summed E-state index contributed by atoms with van der Waals surface area (Å²) in [6.07, 6.45) is 4.92. The van der Waals surface area contributed by atoms with Crippen molar-refractivity contribution < 1.29 is 14.3 Å². The average Bonchev–Trinajstić information content (AvgIpc) is 2.89. The fourth-order valence-corrected chi connectivity index (χ4v) is 7.04. The number of anilines is 1. The molecule has 0 unspecified atom stereocenters. The van der Waals surface area contributed by atoms with Crippen LogP contribution in [0.3, 0.4) is 0 Å². The number of hydrogen-bond acceptors (Lipinski definition) is 7. The number of amides is 1. The van der Waals surface area contributed by atoms with E-state index >= 15 is 0 Å². The standard InChI is InChI=1S/C31H42N4O3S/c1-30(2,3)38-29(37)32-26-11-15-35(16-12-26)39-28-6-4-5-25(19-28)20-33-22-31(23-33)13-17-34(18-14-31)27-9-7-24(21-36)8-10-27/h4-10,19,21,26H,11-18,20,22-23H2,1-3H3,(H,32,37). The number of ether oxygens (including phenoxy) is 1. The van der Waals surface area contributed by atoms with Gasteiger partial charge in [0.25, 0.3) is 0 Å². The van der Waals surface area contributed by atoms with Crippen LogP contribution in [0.25, 0.3) is 0 Å². The van der Waals surface area contributed by atoms with E-state index in [9.17, 15) is 9.59 Å². The van der Waals surface area contributed by atoms with Crippen molar-refractivity contribution in [1.82, 2.24) is 14.5 Å². The highest BCUT2D eigenvalue weighted by Crippen LogP contribution is 2.42. The van der Waals surface area contributed by atoms with Crippen molar-refractivity contribution in [3.63, 3.8) is 0 Å². The summed E-state index contributed by atoms with van der Waals surface area (Å²) in [6, 6.07) is 17.1. The lowest BCUT2D eigenvalue weighted by Gasteiger charge is -2.54. The van der Waals surface area contributed by atoms with E-state index in [0.717, 1.165) is 57.4 Å². The van der Waals surface area contributed by atoms with Crippen molar-refractivity contribution in [2.24, 2.45) is 5.41 Å². The zero-order chi connectivity index (χ0) is 27.5. The minimum absolute atomic E-state index is 0.177. The molecule has 5 rings (SSSR count). The van der Waals surface area contributed by atoms with Crippen molar-refractivity contribution >= 4 is 30.0 Å². The molecule has 1 spiro atoms. The van der Waals surface area contributed by atoms with Crippen molar-refractivity contribution in [2.45, 2.75) is 69.5 Å². The highest BCUT2D eigenvalue weighted by molar-refractivity contribution is 7.97. The summed E-state index contributed by atoms with van der Waals surface area (Å²) in [5, 5.41) is 3.03. The fraction of sp³-hybridized carbons (Fsp3) is 0.548. The van der Waals surface area contributed by atoms with Crippen molar-refractivity contribution in [2.75, 3.05) is 44.2 Å². The fourth-order valence-electron chi connectivity index (χ4n) is 6.01. The third-order valence-corrected chi connectivity index (χ3v) is 9.14. The maximum Gasteiger partial charge on any atom is 0.407 e. The second kappa shape index (κ2) is 11.9. The summed E-state index contributed by atoms with van der Waals surface area (Å²) in [5.74, 6) is 0. The minimum atomic E-state index is -0.466. The molecule has 8 heteroatoms. The quantitative estimate of drug-likeness (QED) is 0.356. The molecule has 3 fully saturated rings. The maximum atomic E-state index is 12.1. The van der Waals surface area contributed by atoms with Crippen molar-refractivity contribution in [1.29, 1.82) is 0 Å². The Bertz CT molecular complexity index is 1130. The third-order valence-electron chi connectivity index (χ3n) is 8.05. The Kier molecular flexibility index (Phi) is 8.55. The summed E-state index contributed by atoms with van der Waals surface area (Å²) in [5.41, 5.74) is 3.34. The Morgan fingerprint density at radius 1 is 1.05 bits per heavy atom. The minimum Gasteiger partial charge on any atom is -0.444 e. The van der Waals surface area contributed by atoms with Crippen LogP contribution in [-0.4, -0.2) is 72.5 Å². The van der Waals surface area contributed by atoms with Gasteiger partial charge in [0.2, 0.25) is 0 Å². The van der Waals surface area contributed by atoms with E-state index in [0.29, 0.717) is 5.41 Å². The maximum absolute atomic E-state index is 12.1. The number of carbonyl (C=O) groups is 2. The number of carbonyl (C=O) groups excluding carboxylic acids is 2. The first-order chi connectivity index (χ1) is 18.7. The largest absolute Gasteiger partial charge is 0.444 e. The lowest BCUT2D eigenvalue weighted by molar-refractivity contribution is -0.0240. The Morgan fingerprint density at radius 3 is 2.38 bits per heavy atom. The molecule has 3 aliphatic rings. The molecular formula is C31H42N4O3S. The molecule has 0 saturated carbocycles. The molecule has 39 heavy (non-hydrogen) atoms. The molecule has 3 saturated heterocycles. The molecule has 0 aromatic heterocycles. The number of alkyl carbamates (subject to hydrolysis) is 1. The van der Waals surface area contributed by atoms with Gasteiger partial charge in [-0.1, -0.05) is 12.1 Å². The molecule has 1 amide bonds. The number of nitrogens with zero attached hydrogens (tertiary/aromatic N) is 3. The summed E-state index contributed by atoms with van der Waals surface area (Å²) < 4.78 is 7.81. The summed E-state index contributed by atoms with van der Waals surface area (Å²) >= 11 is 1.83. The van der Waals surface area contributed by atoms with E-state index in [4.69, 9.17) is 4.74 Å². The molecule has 1 N–H and O–H groups in total. The van der Waals surface area contributed by atoms with Crippen LogP contribution in [-0.2, 0) is 11.3 Å². The van der Waals surface area contributed by atoms with Crippen LogP contribution in [0, 0.1) is 5.41 Å². The van der Waals surface area contributed by atoms with E-state index in [-0.39, 0.29) is 12.1 Å². The van der Waals surface area contributed by atoms with E-state index in [2.05, 4.69) is 55.8 Å².